The van der Waals surface area contributed by atoms with Gasteiger partial charge in [0.25, 0.3) is 0 Å². The molecular weight excluding hydrogens is 182 g/mol. The summed E-state index contributed by atoms with van der Waals surface area (Å²) < 4.78 is 5.22. The highest BCUT2D eigenvalue weighted by Gasteiger charge is 2.05. The maximum atomic E-state index is 5.22. The molecule has 3 heteroatoms. The van der Waals surface area contributed by atoms with Crippen LogP contribution in [0, 0.1) is 5.51 Å². The molecule has 0 atom stereocenters. The van der Waals surface area contributed by atoms with Gasteiger partial charge in [-0.05, 0) is 12.1 Å². The van der Waals surface area contributed by atoms with Gasteiger partial charge in [0.05, 0.1) is 12.8 Å². The molecule has 0 saturated carbocycles. The summed E-state index contributed by atoms with van der Waals surface area (Å²) in [6, 6.07) is 7.83. The van der Waals surface area contributed by atoms with Crippen LogP contribution >= 0.6 is 11.3 Å². The highest BCUT2D eigenvalue weighted by molar-refractivity contribution is 7.07. The van der Waals surface area contributed by atoms with Crippen molar-refractivity contribution in [3.63, 3.8) is 0 Å². The molecule has 0 unspecified atom stereocenters. The molecule has 0 saturated heterocycles. The Hall–Kier alpha value is -1.35. The van der Waals surface area contributed by atoms with Crippen LogP contribution in [0.4, 0.5) is 0 Å². The molecule has 2 rings (SSSR count). The van der Waals surface area contributed by atoms with Crippen molar-refractivity contribution in [3.8, 4) is 17.0 Å². The minimum Gasteiger partial charge on any atom is -0.496 e. The Balaban J connectivity index is 2.51. The molecule has 1 aromatic carbocycles. The van der Waals surface area contributed by atoms with Crippen LogP contribution in [0.1, 0.15) is 0 Å². The molecule has 1 heterocycles. The summed E-state index contributed by atoms with van der Waals surface area (Å²) in [6.07, 6.45) is 0. The fourth-order valence-electron chi connectivity index (χ4n) is 1.16. The number of rotatable bonds is 2. The number of hydrogen-bond acceptors (Lipinski definition) is 3. The number of hydrogen-bond donors (Lipinski definition) is 0. The predicted octanol–water partition coefficient (Wildman–Crippen LogP) is 2.62. The third kappa shape index (κ3) is 1.55. The topological polar surface area (TPSA) is 22.1 Å². The van der Waals surface area contributed by atoms with Gasteiger partial charge in [-0.1, -0.05) is 12.1 Å². The van der Waals surface area contributed by atoms with Crippen LogP contribution in [0.25, 0.3) is 11.3 Å². The van der Waals surface area contributed by atoms with E-state index in [4.69, 9.17) is 4.74 Å². The molecule has 0 amide bonds. The molecule has 0 bridgehead atoms. The summed E-state index contributed by atoms with van der Waals surface area (Å²) in [5, 5.41) is 1.96. The van der Waals surface area contributed by atoms with Crippen molar-refractivity contribution in [1.82, 2.24) is 4.98 Å². The molecule has 0 N–H and O–H groups in total. The van der Waals surface area contributed by atoms with Crippen molar-refractivity contribution in [2.75, 3.05) is 7.11 Å². The minimum atomic E-state index is 0.849. The summed E-state index contributed by atoms with van der Waals surface area (Å²) in [5.41, 5.74) is 4.75. The molecular formula is C10H8NOS. The van der Waals surface area contributed by atoms with Gasteiger partial charge in [0.15, 0.2) is 5.51 Å². The first kappa shape index (κ1) is 8.26. The SMILES string of the molecule is COc1ccccc1-c1cs[c]n1. The van der Waals surface area contributed by atoms with Crippen LogP contribution in [0.15, 0.2) is 29.6 Å². The largest absolute Gasteiger partial charge is 0.496 e. The minimum absolute atomic E-state index is 0.849. The summed E-state index contributed by atoms with van der Waals surface area (Å²) in [6.45, 7) is 0. The average molecular weight is 190 g/mol. The van der Waals surface area contributed by atoms with Gasteiger partial charge < -0.3 is 4.74 Å². The molecule has 0 aliphatic heterocycles. The average Bonchev–Trinajstić information content (AvgIpc) is 2.70. The van der Waals surface area contributed by atoms with E-state index in [-0.39, 0.29) is 0 Å². The third-order valence-electron chi connectivity index (χ3n) is 1.77. The number of para-hydroxylation sites is 1. The molecule has 1 aromatic heterocycles. The van der Waals surface area contributed by atoms with Crippen molar-refractivity contribution < 1.29 is 4.74 Å². The van der Waals surface area contributed by atoms with E-state index in [2.05, 4.69) is 10.5 Å². The predicted molar refractivity (Wildman–Crippen MR) is 52.9 cm³/mol. The first-order valence-corrected chi connectivity index (χ1v) is 4.75. The molecule has 13 heavy (non-hydrogen) atoms. The zero-order valence-electron chi connectivity index (χ0n) is 7.15. The molecule has 2 aromatic rings. The van der Waals surface area contributed by atoms with Crippen molar-refractivity contribution in [2.45, 2.75) is 0 Å². The van der Waals surface area contributed by atoms with Crippen LogP contribution in [-0.4, -0.2) is 12.1 Å². The number of ether oxygens (including phenoxy) is 1. The molecule has 0 aliphatic carbocycles. The highest BCUT2D eigenvalue weighted by Crippen LogP contribution is 2.28. The summed E-state index contributed by atoms with van der Waals surface area (Å²) >= 11 is 1.46. The fraction of sp³-hybridized carbons (Fsp3) is 0.100. The Morgan fingerprint density at radius 2 is 2.23 bits per heavy atom. The Morgan fingerprint density at radius 1 is 1.38 bits per heavy atom. The number of nitrogens with zero attached hydrogens (tertiary/aromatic N) is 1. The number of benzene rings is 1. The van der Waals surface area contributed by atoms with Gasteiger partial charge in [0.2, 0.25) is 0 Å². The van der Waals surface area contributed by atoms with E-state index in [9.17, 15) is 0 Å². The Kier molecular flexibility index (Phi) is 2.27. The molecule has 1 radical (unpaired) electrons. The molecule has 65 valence electrons. The van der Waals surface area contributed by atoms with E-state index in [0.29, 0.717) is 0 Å². The van der Waals surface area contributed by atoms with Crippen LogP contribution < -0.4 is 4.74 Å². The quantitative estimate of drug-likeness (QED) is 0.726. The zero-order chi connectivity index (χ0) is 9.10. The van der Waals surface area contributed by atoms with Crippen LogP contribution in [0.3, 0.4) is 0 Å². The maximum absolute atomic E-state index is 5.22. The Bertz CT molecular complexity index is 384. The van der Waals surface area contributed by atoms with E-state index < -0.39 is 0 Å². The maximum Gasteiger partial charge on any atom is 0.152 e. The van der Waals surface area contributed by atoms with Crippen LogP contribution in [0.2, 0.25) is 0 Å². The van der Waals surface area contributed by atoms with Crippen LogP contribution in [-0.2, 0) is 0 Å². The van der Waals surface area contributed by atoms with Gasteiger partial charge in [-0.2, -0.15) is 0 Å². The second kappa shape index (κ2) is 3.58. The second-order valence-electron chi connectivity index (χ2n) is 2.52. The van der Waals surface area contributed by atoms with Crippen molar-refractivity contribution in [1.29, 1.82) is 0 Å². The Morgan fingerprint density at radius 3 is 2.92 bits per heavy atom. The van der Waals surface area contributed by atoms with Gasteiger partial charge in [-0.3, -0.25) is 0 Å². The number of aromatic nitrogens is 1. The van der Waals surface area contributed by atoms with Crippen LogP contribution in [0.5, 0.6) is 5.75 Å². The normalized spacial score (nSPS) is 9.92. The smallest absolute Gasteiger partial charge is 0.152 e. The van der Waals surface area contributed by atoms with E-state index >= 15 is 0 Å². The van der Waals surface area contributed by atoms with E-state index in [1.54, 1.807) is 7.11 Å². The van der Waals surface area contributed by atoms with Gasteiger partial charge >= 0.3 is 0 Å². The standard InChI is InChI=1S/C10H8NOS/c1-12-10-5-3-2-4-8(10)9-6-13-7-11-9/h2-6H,1H3. The van der Waals surface area contributed by atoms with Crippen molar-refractivity contribution in [3.05, 3.63) is 35.2 Å². The van der Waals surface area contributed by atoms with Gasteiger partial charge in [0.1, 0.15) is 5.75 Å². The zero-order valence-corrected chi connectivity index (χ0v) is 7.97. The van der Waals surface area contributed by atoms with Gasteiger partial charge in [0, 0.05) is 10.9 Å². The third-order valence-corrected chi connectivity index (χ3v) is 2.31. The van der Waals surface area contributed by atoms with Gasteiger partial charge in [-0.25, -0.2) is 4.98 Å². The number of thiazole rings is 1. The van der Waals surface area contributed by atoms with E-state index in [1.807, 2.05) is 29.6 Å². The summed E-state index contributed by atoms with van der Waals surface area (Å²) in [7, 11) is 1.66. The lowest BCUT2D eigenvalue weighted by Crippen LogP contribution is -1.86. The number of methoxy groups -OCH3 is 1. The van der Waals surface area contributed by atoms with Crippen molar-refractivity contribution in [2.24, 2.45) is 0 Å². The highest BCUT2D eigenvalue weighted by atomic mass is 32.1. The summed E-state index contributed by atoms with van der Waals surface area (Å²) in [5.74, 6) is 0.849. The second-order valence-corrected chi connectivity index (χ2v) is 3.18. The van der Waals surface area contributed by atoms with Gasteiger partial charge in [-0.15, -0.1) is 11.3 Å². The van der Waals surface area contributed by atoms with E-state index in [1.165, 1.54) is 11.3 Å². The molecule has 0 aliphatic rings. The van der Waals surface area contributed by atoms with E-state index in [0.717, 1.165) is 17.0 Å². The summed E-state index contributed by atoms with van der Waals surface area (Å²) in [4.78, 5) is 4.11. The van der Waals surface area contributed by atoms with Crippen molar-refractivity contribution >= 4 is 11.3 Å². The first-order valence-electron chi connectivity index (χ1n) is 3.87. The molecule has 0 spiro atoms. The first-order chi connectivity index (χ1) is 6.42. The monoisotopic (exact) mass is 190 g/mol. The lowest BCUT2D eigenvalue weighted by atomic mass is 10.1. The molecule has 0 fully saturated rings. The molecule has 2 nitrogen and oxygen atoms in total. The lowest BCUT2D eigenvalue weighted by molar-refractivity contribution is 0.416. The lowest BCUT2D eigenvalue weighted by Gasteiger charge is -2.04. The fourth-order valence-corrected chi connectivity index (χ4v) is 1.66. The Labute approximate surface area is 80.8 Å².